The van der Waals surface area contributed by atoms with E-state index in [9.17, 15) is 4.79 Å². The Bertz CT molecular complexity index is 680. The number of nitrogens with zero attached hydrogens (tertiary/aromatic N) is 3. The van der Waals surface area contributed by atoms with E-state index in [4.69, 9.17) is 4.74 Å². The first-order valence-corrected chi connectivity index (χ1v) is 8.01. The van der Waals surface area contributed by atoms with E-state index in [2.05, 4.69) is 25.6 Å². The lowest BCUT2D eigenvalue weighted by molar-refractivity contribution is -0.121. The molecule has 0 spiro atoms. The molecule has 24 heavy (non-hydrogen) atoms. The second kappa shape index (κ2) is 7.83. The van der Waals surface area contributed by atoms with Gasteiger partial charge in [-0.3, -0.25) is 9.78 Å². The molecule has 0 bridgehead atoms. The van der Waals surface area contributed by atoms with Crippen molar-refractivity contribution in [2.45, 2.75) is 31.8 Å². The third-order valence-corrected chi connectivity index (χ3v) is 4.11. The molecule has 2 aromatic rings. The van der Waals surface area contributed by atoms with E-state index in [1.165, 1.54) is 6.33 Å². The Balaban J connectivity index is 1.61. The van der Waals surface area contributed by atoms with Crippen LogP contribution < -0.4 is 10.6 Å². The summed E-state index contributed by atoms with van der Waals surface area (Å²) in [5.74, 6) is 0.732. The summed E-state index contributed by atoms with van der Waals surface area (Å²) in [5.41, 5.74) is 2.02. The number of hydrogen-bond acceptors (Lipinski definition) is 6. The summed E-state index contributed by atoms with van der Waals surface area (Å²) in [7, 11) is 0. The maximum atomic E-state index is 12.4. The van der Waals surface area contributed by atoms with Crippen molar-refractivity contribution in [2.75, 3.05) is 18.5 Å². The minimum Gasteiger partial charge on any atom is -0.379 e. The van der Waals surface area contributed by atoms with Gasteiger partial charge in [0.1, 0.15) is 12.1 Å². The van der Waals surface area contributed by atoms with Gasteiger partial charge in [0.15, 0.2) is 0 Å². The Morgan fingerprint density at radius 2 is 2.17 bits per heavy atom. The number of anilines is 1. The number of ether oxygens (including phenoxy) is 1. The minimum atomic E-state index is -0.0175. The van der Waals surface area contributed by atoms with E-state index in [1.807, 2.05) is 13.0 Å². The normalized spacial score (nSPS) is 20.4. The zero-order chi connectivity index (χ0) is 16.8. The first-order chi connectivity index (χ1) is 11.7. The van der Waals surface area contributed by atoms with Crippen LogP contribution in [0, 0.1) is 6.92 Å². The van der Waals surface area contributed by atoms with Gasteiger partial charge in [-0.1, -0.05) is 0 Å². The third kappa shape index (κ3) is 4.26. The molecule has 1 saturated heterocycles. The van der Waals surface area contributed by atoms with Crippen molar-refractivity contribution < 1.29 is 9.53 Å². The van der Waals surface area contributed by atoms with Crippen LogP contribution in [0.1, 0.15) is 17.5 Å². The van der Waals surface area contributed by atoms with Crippen LogP contribution in [-0.4, -0.2) is 46.2 Å². The number of hydrogen-bond donors (Lipinski definition) is 2. The van der Waals surface area contributed by atoms with Crippen LogP contribution in [0.3, 0.4) is 0 Å². The predicted octanol–water partition coefficient (Wildman–Crippen LogP) is 1.11. The highest BCUT2D eigenvalue weighted by atomic mass is 16.5. The maximum Gasteiger partial charge on any atom is 0.224 e. The lowest BCUT2D eigenvalue weighted by Crippen LogP contribution is -2.52. The first-order valence-electron chi connectivity index (χ1n) is 8.01. The van der Waals surface area contributed by atoms with Gasteiger partial charge >= 0.3 is 0 Å². The summed E-state index contributed by atoms with van der Waals surface area (Å²) >= 11 is 0. The van der Waals surface area contributed by atoms with Crippen molar-refractivity contribution in [1.82, 2.24) is 20.3 Å². The molecule has 1 fully saturated rings. The SMILES string of the molecule is Cc1cnccc1CC(=O)N[C@H]1CCOC[C@H]1Nc1ccncn1. The third-order valence-electron chi connectivity index (χ3n) is 4.11. The van der Waals surface area contributed by atoms with Gasteiger partial charge in [0, 0.05) is 25.2 Å². The molecule has 7 heteroatoms. The second-order valence-corrected chi connectivity index (χ2v) is 5.86. The van der Waals surface area contributed by atoms with Gasteiger partial charge in [0.2, 0.25) is 5.91 Å². The molecule has 0 radical (unpaired) electrons. The first kappa shape index (κ1) is 16.3. The van der Waals surface area contributed by atoms with Crippen molar-refractivity contribution in [3.05, 3.63) is 48.2 Å². The zero-order valence-corrected chi connectivity index (χ0v) is 13.6. The van der Waals surface area contributed by atoms with Gasteiger partial charge in [-0.05, 0) is 36.6 Å². The molecule has 1 aliphatic rings. The second-order valence-electron chi connectivity index (χ2n) is 5.86. The van der Waals surface area contributed by atoms with E-state index in [-0.39, 0.29) is 18.0 Å². The Kier molecular flexibility index (Phi) is 5.32. The molecule has 126 valence electrons. The highest BCUT2D eigenvalue weighted by Gasteiger charge is 2.27. The van der Waals surface area contributed by atoms with Crippen molar-refractivity contribution in [2.24, 2.45) is 0 Å². The fourth-order valence-electron chi connectivity index (χ4n) is 2.75. The smallest absolute Gasteiger partial charge is 0.224 e. The molecule has 3 rings (SSSR count). The molecule has 2 atom stereocenters. The molecular formula is C17H21N5O2. The molecule has 2 N–H and O–H groups in total. The molecule has 1 aliphatic heterocycles. The fourth-order valence-corrected chi connectivity index (χ4v) is 2.75. The van der Waals surface area contributed by atoms with E-state index >= 15 is 0 Å². The predicted molar refractivity (Wildman–Crippen MR) is 89.5 cm³/mol. The highest BCUT2D eigenvalue weighted by Crippen LogP contribution is 2.14. The number of aromatic nitrogens is 3. The van der Waals surface area contributed by atoms with E-state index in [1.54, 1.807) is 24.7 Å². The molecule has 1 amide bonds. The lowest BCUT2D eigenvalue weighted by Gasteiger charge is -2.33. The minimum absolute atomic E-state index is 0.00311. The molecule has 0 saturated carbocycles. The maximum absolute atomic E-state index is 12.4. The summed E-state index contributed by atoms with van der Waals surface area (Å²) in [6, 6.07) is 3.67. The van der Waals surface area contributed by atoms with Gasteiger partial charge < -0.3 is 15.4 Å². The van der Waals surface area contributed by atoms with Crippen LogP contribution >= 0.6 is 0 Å². The standard InChI is InChI=1S/C17H21N5O2/c1-12-9-18-5-2-13(12)8-17(23)22-14-4-7-24-10-15(14)21-16-3-6-19-11-20-16/h2-3,5-6,9,11,14-15H,4,7-8,10H2,1H3,(H,22,23)(H,19,20,21)/t14-,15+/m0/s1. The average molecular weight is 327 g/mol. The summed E-state index contributed by atoms with van der Waals surface area (Å²) in [5, 5.41) is 6.43. The summed E-state index contributed by atoms with van der Waals surface area (Å²) < 4.78 is 5.54. The van der Waals surface area contributed by atoms with Gasteiger partial charge in [0.25, 0.3) is 0 Å². The van der Waals surface area contributed by atoms with Crippen LogP contribution in [0.25, 0.3) is 0 Å². The van der Waals surface area contributed by atoms with Crippen LogP contribution in [0.4, 0.5) is 5.82 Å². The van der Waals surface area contributed by atoms with Crippen LogP contribution in [-0.2, 0) is 16.0 Å². The number of nitrogens with one attached hydrogen (secondary N) is 2. The Hall–Kier alpha value is -2.54. The lowest BCUT2D eigenvalue weighted by atomic mass is 10.0. The van der Waals surface area contributed by atoms with Gasteiger partial charge in [0.05, 0.1) is 25.1 Å². The topological polar surface area (TPSA) is 89.0 Å². The van der Waals surface area contributed by atoms with Crippen LogP contribution in [0.5, 0.6) is 0 Å². The number of carbonyl (C=O) groups is 1. The Morgan fingerprint density at radius 3 is 2.96 bits per heavy atom. The molecular weight excluding hydrogens is 306 g/mol. The van der Waals surface area contributed by atoms with Gasteiger partial charge in [-0.25, -0.2) is 9.97 Å². The quantitative estimate of drug-likeness (QED) is 0.855. The number of rotatable bonds is 5. The van der Waals surface area contributed by atoms with Gasteiger partial charge in [-0.15, -0.1) is 0 Å². The number of amides is 1. The van der Waals surface area contributed by atoms with Gasteiger partial charge in [-0.2, -0.15) is 0 Å². The molecule has 0 aliphatic carbocycles. The van der Waals surface area contributed by atoms with Crippen LogP contribution in [0.15, 0.2) is 37.1 Å². The summed E-state index contributed by atoms with van der Waals surface area (Å²) in [6.45, 7) is 3.13. The molecule has 0 unspecified atom stereocenters. The van der Waals surface area contributed by atoms with Crippen LogP contribution in [0.2, 0.25) is 0 Å². The zero-order valence-electron chi connectivity index (χ0n) is 13.6. The van der Waals surface area contributed by atoms with Crippen molar-refractivity contribution in [3.63, 3.8) is 0 Å². The molecule has 3 heterocycles. The van der Waals surface area contributed by atoms with E-state index in [0.717, 1.165) is 23.4 Å². The molecule has 0 aromatic carbocycles. The molecule has 7 nitrogen and oxygen atoms in total. The fraction of sp³-hybridized carbons (Fsp3) is 0.412. The molecule has 2 aromatic heterocycles. The summed E-state index contributed by atoms with van der Waals surface area (Å²) in [6.07, 6.45) is 7.78. The van der Waals surface area contributed by atoms with E-state index < -0.39 is 0 Å². The Labute approximate surface area is 140 Å². The largest absolute Gasteiger partial charge is 0.379 e. The summed E-state index contributed by atoms with van der Waals surface area (Å²) in [4.78, 5) is 24.5. The number of carbonyl (C=O) groups excluding carboxylic acids is 1. The van der Waals surface area contributed by atoms with Crippen molar-refractivity contribution >= 4 is 11.7 Å². The Morgan fingerprint density at radius 1 is 1.29 bits per heavy atom. The number of pyridine rings is 1. The average Bonchev–Trinajstić information content (AvgIpc) is 2.60. The van der Waals surface area contributed by atoms with Crippen molar-refractivity contribution in [1.29, 1.82) is 0 Å². The number of aryl methyl sites for hydroxylation is 1. The van der Waals surface area contributed by atoms with E-state index in [0.29, 0.717) is 19.6 Å². The van der Waals surface area contributed by atoms with Crippen molar-refractivity contribution in [3.8, 4) is 0 Å². The highest BCUT2D eigenvalue weighted by molar-refractivity contribution is 5.79. The monoisotopic (exact) mass is 327 g/mol.